The average Bonchev–Trinajstić information content (AvgIpc) is 2.56. The van der Waals surface area contributed by atoms with Crippen molar-refractivity contribution in [2.75, 3.05) is 23.4 Å². The summed E-state index contributed by atoms with van der Waals surface area (Å²) in [6, 6.07) is 12.6. The molecule has 24 heavy (non-hydrogen) atoms. The number of nitrogens with one attached hydrogen (secondary N) is 1. The van der Waals surface area contributed by atoms with E-state index in [0.717, 1.165) is 5.56 Å². The number of fused-ring (bicyclic) bond motifs is 1. The first-order valence-electron chi connectivity index (χ1n) is 7.62. The van der Waals surface area contributed by atoms with Gasteiger partial charge in [-0.15, -0.1) is 0 Å². The van der Waals surface area contributed by atoms with Crippen LogP contribution in [-0.4, -0.2) is 25.0 Å². The van der Waals surface area contributed by atoms with Crippen LogP contribution in [0.3, 0.4) is 0 Å². The summed E-state index contributed by atoms with van der Waals surface area (Å²) in [5.74, 6) is 0.358. The van der Waals surface area contributed by atoms with Crippen LogP contribution in [0.15, 0.2) is 42.5 Å². The van der Waals surface area contributed by atoms with E-state index in [2.05, 4.69) is 5.32 Å². The van der Waals surface area contributed by atoms with Crippen molar-refractivity contribution < 1.29 is 14.3 Å². The van der Waals surface area contributed by atoms with Gasteiger partial charge in [-0.1, -0.05) is 17.7 Å². The van der Waals surface area contributed by atoms with Gasteiger partial charge in [-0.05, 0) is 48.9 Å². The zero-order valence-corrected chi connectivity index (χ0v) is 14.0. The molecular weight excluding hydrogens is 328 g/mol. The summed E-state index contributed by atoms with van der Waals surface area (Å²) in [6.45, 7) is 2.25. The summed E-state index contributed by atoms with van der Waals surface area (Å²) in [5.41, 5.74) is 2.42. The highest BCUT2D eigenvalue weighted by molar-refractivity contribution is 6.30. The summed E-state index contributed by atoms with van der Waals surface area (Å²) < 4.78 is 5.43. The second-order valence-electron chi connectivity index (χ2n) is 5.61. The summed E-state index contributed by atoms with van der Waals surface area (Å²) >= 11 is 5.82. The molecule has 3 rings (SSSR count). The molecule has 0 aromatic heterocycles. The van der Waals surface area contributed by atoms with Gasteiger partial charge in [0.05, 0.1) is 5.69 Å². The van der Waals surface area contributed by atoms with Crippen LogP contribution in [0.25, 0.3) is 0 Å². The number of hydrogen-bond donors (Lipinski definition) is 1. The average molecular weight is 345 g/mol. The number of anilines is 2. The molecule has 0 aliphatic carbocycles. The molecule has 2 aromatic carbocycles. The zero-order chi connectivity index (χ0) is 17.1. The van der Waals surface area contributed by atoms with Crippen molar-refractivity contribution in [3.8, 4) is 5.75 Å². The number of hydrogen-bond acceptors (Lipinski definition) is 3. The molecule has 0 unspecified atom stereocenters. The number of carbonyl (C=O) groups excluding carboxylic acids is 2. The Hall–Kier alpha value is -2.53. The number of amides is 2. The first kappa shape index (κ1) is 16.3. The molecule has 1 aliphatic heterocycles. The molecule has 0 atom stereocenters. The first-order chi connectivity index (χ1) is 11.5. The van der Waals surface area contributed by atoms with Crippen molar-refractivity contribution in [1.82, 2.24) is 0 Å². The molecule has 2 amide bonds. The second kappa shape index (κ2) is 6.93. The minimum Gasteiger partial charge on any atom is -0.482 e. The molecule has 0 saturated heterocycles. The molecule has 1 heterocycles. The minimum atomic E-state index is -0.161. The first-order valence-corrected chi connectivity index (χ1v) is 8.00. The normalized spacial score (nSPS) is 13.2. The van der Waals surface area contributed by atoms with Gasteiger partial charge in [0, 0.05) is 23.7 Å². The van der Waals surface area contributed by atoms with E-state index in [9.17, 15) is 9.59 Å². The van der Waals surface area contributed by atoms with Gasteiger partial charge in [-0.2, -0.15) is 0 Å². The van der Waals surface area contributed by atoms with Crippen LogP contribution >= 0.6 is 11.6 Å². The molecule has 0 spiro atoms. The van der Waals surface area contributed by atoms with E-state index in [0.29, 0.717) is 28.7 Å². The van der Waals surface area contributed by atoms with Crippen LogP contribution in [0, 0.1) is 6.92 Å². The molecule has 5 nitrogen and oxygen atoms in total. The lowest BCUT2D eigenvalue weighted by molar-refractivity contribution is -0.121. The van der Waals surface area contributed by atoms with Crippen LogP contribution in [0.5, 0.6) is 5.75 Å². The Morgan fingerprint density at radius 3 is 2.75 bits per heavy atom. The van der Waals surface area contributed by atoms with Gasteiger partial charge < -0.3 is 15.0 Å². The van der Waals surface area contributed by atoms with Crippen LogP contribution in [-0.2, 0) is 9.59 Å². The Labute approximate surface area is 145 Å². The lowest BCUT2D eigenvalue weighted by atomic mass is 10.1. The zero-order valence-electron chi connectivity index (χ0n) is 13.2. The molecule has 124 valence electrons. The van der Waals surface area contributed by atoms with Gasteiger partial charge in [0.1, 0.15) is 5.75 Å². The van der Waals surface area contributed by atoms with Gasteiger partial charge >= 0.3 is 0 Å². The fourth-order valence-electron chi connectivity index (χ4n) is 2.53. The fourth-order valence-corrected chi connectivity index (χ4v) is 2.65. The molecular formula is C18H17ClN2O3. The standard InChI is InChI=1S/C18H17ClN2O3/c1-12-2-7-16-15(10-12)21(18(23)11-24-16)9-8-17(22)20-14-5-3-13(19)4-6-14/h2-7,10H,8-9,11H2,1H3,(H,20,22). The highest BCUT2D eigenvalue weighted by Gasteiger charge is 2.25. The lowest BCUT2D eigenvalue weighted by Gasteiger charge is -2.29. The molecule has 0 radical (unpaired) electrons. The molecule has 0 saturated carbocycles. The quantitative estimate of drug-likeness (QED) is 0.924. The topological polar surface area (TPSA) is 58.6 Å². The Bertz CT molecular complexity index is 774. The Morgan fingerprint density at radius 2 is 2.00 bits per heavy atom. The Balaban J connectivity index is 1.65. The largest absolute Gasteiger partial charge is 0.482 e. The second-order valence-corrected chi connectivity index (χ2v) is 6.05. The smallest absolute Gasteiger partial charge is 0.265 e. The number of rotatable bonds is 4. The Morgan fingerprint density at radius 1 is 1.25 bits per heavy atom. The third kappa shape index (κ3) is 3.68. The number of carbonyl (C=O) groups is 2. The fraction of sp³-hybridized carbons (Fsp3) is 0.222. The van der Waals surface area contributed by atoms with Crippen molar-refractivity contribution >= 4 is 34.8 Å². The number of aryl methyl sites for hydroxylation is 1. The van der Waals surface area contributed by atoms with E-state index in [4.69, 9.17) is 16.3 Å². The molecule has 1 aliphatic rings. The number of ether oxygens (including phenoxy) is 1. The number of benzene rings is 2. The van der Waals surface area contributed by atoms with E-state index < -0.39 is 0 Å². The summed E-state index contributed by atoms with van der Waals surface area (Å²) in [4.78, 5) is 25.8. The molecule has 6 heteroatoms. The molecule has 0 fully saturated rings. The molecule has 2 aromatic rings. The van der Waals surface area contributed by atoms with E-state index in [1.165, 1.54) is 0 Å². The Kier molecular flexibility index (Phi) is 4.71. The number of nitrogens with zero attached hydrogens (tertiary/aromatic N) is 1. The highest BCUT2D eigenvalue weighted by Crippen LogP contribution is 2.32. The minimum absolute atomic E-state index is 0.00509. The monoisotopic (exact) mass is 344 g/mol. The maximum atomic E-state index is 12.1. The van der Waals surface area contributed by atoms with Crippen molar-refractivity contribution in [1.29, 1.82) is 0 Å². The van der Waals surface area contributed by atoms with Crippen LogP contribution in [0.1, 0.15) is 12.0 Å². The van der Waals surface area contributed by atoms with Gasteiger partial charge in [-0.3, -0.25) is 9.59 Å². The van der Waals surface area contributed by atoms with Gasteiger partial charge in [0.2, 0.25) is 5.91 Å². The summed E-state index contributed by atoms with van der Waals surface area (Å²) in [6.07, 6.45) is 0.196. The van der Waals surface area contributed by atoms with Crippen molar-refractivity contribution in [2.45, 2.75) is 13.3 Å². The van der Waals surface area contributed by atoms with Gasteiger partial charge in [0.25, 0.3) is 5.91 Å². The van der Waals surface area contributed by atoms with Crippen LogP contribution < -0.4 is 15.0 Å². The highest BCUT2D eigenvalue weighted by atomic mass is 35.5. The maximum absolute atomic E-state index is 12.1. The predicted octanol–water partition coefficient (Wildman–Crippen LogP) is 3.40. The van der Waals surface area contributed by atoms with Crippen LogP contribution in [0.2, 0.25) is 5.02 Å². The summed E-state index contributed by atoms with van der Waals surface area (Å²) in [5, 5.41) is 3.40. The van der Waals surface area contributed by atoms with Crippen LogP contribution in [0.4, 0.5) is 11.4 Å². The van der Waals surface area contributed by atoms with E-state index >= 15 is 0 Å². The molecule has 0 bridgehead atoms. The third-order valence-corrected chi connectivity index (χ3v) is 4.00. The van der Waals surface area contributed by atoms with E-state index in [1.807, 2.05) is 25.1 Å². The molecule has 1 N–H and O–H groups in total. The lowest BCUT2D eigenvalue weighted by Crippen LogP contribution is -2.40. The van der Waals surface area contributed by atoms with Gasteiger partial charge in [-0.25, -0.2) is 0 Å². The van der Waals surface area contributed by atoms with Crippen molar-refractivity contribution in [3.05, 3.63) is 53.1 Å². The van der Waals surface area contributed by atoms with E-state index in [-0.39, 0.29) is 24.8 Å². The number of halogens is 1. The van der Waals surface area contributed by atoms with E-state index in [1.54, 1.807) is 29.2 Å². The van der Waals surface area contributed by atoms with Crippen molar-refractivity contribution in [3.63, 3.8) is 0 Å². The predicted molar refractivity (Wildman–Crippen MR) is 93.7 cm³/mol. The SMILES string of the molecule is Cc1ccc2c(c1)N(CCC(=O)Nc1ccc(Cl)cc1)C(=O)CO2. The van der Waals surface area contributed by atoms with Crippen molar-refractivity contribution in [2.24, 2.45) is 0 Å². The maximum Gasteiger partial charge on any atom is 0.265 e. The summed E-state index contributed by atoms with van der Waals surface area (Å²) in [7, 11) is 0. The van der Waals surface area contributed by atoms with Gasteiger partial charge in [0.15, 0.2) is 6.61 Å². The third-order valence-electron chi connectivity index (χ3n) is 3.75.